The van der Waals surface area contributed by atoms with Crippen molar-refractivity contribution in [1.82, 2.24) is 20.2 Å². The number of aryl methyl sites for hydroxylation is 1. The Balaban J connectivity index is 1.35. The second-order valence-corrected chi connectivity index (χ2v) is 7.15. The smallest absolute Gasteiger partial charge is 0.225 e. The number of carbonyl (C=O) groups is 1. The molecule has 1 aromatic heterocycles. The number of rotatable bonds is 3. The van der Waals surface area contributed by atoms with E-state index in [1.54, 1.807) is 0 Å². The lowest BCUT2D eigenvalue weighted by Crippen LogP contribution is -2.44. The van der Waals surface area contributed by atoms with Gasteiger partial charge in [0.15, 0.2) is 0 Å². The molecular weight excluding hydrogens is 316 g/mol. The molecule has 0 spiro atoms. The van der Waals surface area contributed by atoms with Gasteiger partial charge in [-0.2, -0.15) is 0 Å². The molecule has 0 saturated carbocycles. The average molecular weight is 342 g/mol. The van der Waals surface area contributed by atoms with Crippen LogP contribution in [0.2, 0.25) is 0 Å². The number of hydrogen-bond acceptors (Lipinski definition) is 4. The molecule has 2 aromatic rings. The zero-order chi connectivity index (χ0) is 17.2. The largest absolute Gasteiger partial charge is 0.375 e. The van der Waals surface area contributed by atoms with Crippen LogP contribution in [0.4, 0.5) is 0 Å². The van der Waals surface area contributed by atoms with Gasteiger partial charge in [0.2, 0.25) is 5.91 Å². The van der Waals surface area contributed by atoms with Crippen molar-refractivity contribution in [3.8, 4) is 0 Å². The van der Waals surface area contributed by atoms with E-state index in [0.29, 0.717) is 18.9 Å². The van der Waals surface area contributed by atoms with Crippen LogP contribution in [0.25, 0.3) is 11.0 Å². The number of benzene rings is 1. The summed E-state index contributed by atoms with van der Waals surface area (Å²) in [6.07, 6.45) is 2.45. The van der Waals surface area contributed by atoms with Crippen molar-refractivity contribution in [3.05, 3.63) is 29.6 Å². The maximum atomic E-state index is 12.5. The molecule has 6 heteroatoms. The van der Waals surface area contributed by atoms with Gasteiger partial charge in [-0.15, -0.1) is 0 Å². The molecule has 2 N–H and O–H groups in total. The van der Waals surface area contributed by atoms with Crippen molar-refractivity contribution >= 4 is 16.9 Å². The van der Waals surface area contributed by atoms with Gasteiger partial charge in [-0.25, -0.2) is 4.98 Å². The number of likely N-dealkylation sites (tertiary alicyclic amines) is 1. The molecule has 0 aliphatic carbocycles. The van der Waals surface area contributed by atoms with E-state index < -0.39 is 0 Å². The Kier molecular flexibility index (Phi) is 4.72. The quantitative estimate of drug-likeness (QED) is 0.894. The molecule has 1 atom stereocenters. The Morgan fingerprint density at radius 1 is 1.36 bits per heavy atom. The number of imidazole rings is 1. The molecule has 2 aliphatic rings. The van der Waals surface area contributed by atoms with Gasteiger partial charge < -0.3 is 19.9 Å². The van der Waals surface area contributed by atoms with E-state index in [4.69, 9.17) is 9.72 Å². The highest BCUT2D eigenvalue weighted by atomic mass is 16.5. The molecule has 4 rings (SSSR count). The summed E-state index contributed by atoms with van der Waals surface area (Å²) in [7, 11) is 0. The summed E-state index contributed by atoms with van der Waals surface area (Å²) in [4.78, 5) is 22.8. The first kappa shape index (κ1) is 16.5. The molecule has 3 heterocycles. The fraction of sp³-hybridized carbons (Fsp3) is 0.579. The van der Waals surface area contributed by atoms with E-state index in [1.807, 2.05) is 4.90 Å². The number of ether oxygens (including phenoxy) is 1. The van der Waals surface area contributed by atoms with Crippen LogP contribution in [0.3, 0.4) is 0 Å². The molecular formula is C19H26N4O2. The fourth-order valence-corrected chi connectivity index (χ4v) is 3.86. The van der Waals surface area contributed by atoms with Gasteiger partial charge in [-0.05, 0) is 31.4 Å². The Morgan fingerprint density at radius 2 is 2.20 bits per heavy atom. The molecule has 2 fully saturated rings. The predicted molar refractivity (Wildman–Crippen MR) is 96.6 cm³/mol. The minimum absolute atomic E-state index is 0.0253. The third-order valence-corrected chi connectivity index (χ3v) is 5.37. The van der Waals surface area contributed by atoms with E-state index in [9.17, 15) is 4.79 Å². The van der Waals surface area contributed by atoms with Gasteiger partial charge in [0, 0.05) is 32.1 Å². The van der Waals surface area contributed by atoms with Crippen LogP contribution >= 0.6 is 0 Å². The van der Waals surface area contributed by atoms with E-state index in [-0.39, 0.29) is 12.0 Å². The summed E-state index contributed by atoms with van der Waals surface area (Å²) in [5.41, 5.74) is 3.38. The maximum absolute atomic E-state index is 12.5. The highest BCUT2D eigenvalue weighted by molar-refractivity contribution is 5.79. The molecule has 0 radical (unpaired) electrons. The van der Waals surface area contributed by atoms with E-state index in [2.05, 4.69) is 35.4 Å². The number of hydrogen-bond donors (Lipinski definition) is 2. The molecule has 1 amide bonds. The van der Waals surface area contributed by atoms with Crippen molar-refractivity contribution in [2.45, 2.75) is 38.2 Å². The molecule has 25 heavy (non-hydrogen) atoms. The Hall–Kier alpha value is -1.92. The van der Waals surface area contributed by atoms with Crippen LogP contribution < -0.4 is 5.32 Å². The lowest BCUT2D eigenvalue weighted by molar-refractivity contribution is -0.135. The number of nitrogens with zero attached hydrogens (tertiary/aromatic N) is 2. The number of morpholine rings is 1. The SMILES string of the molecule is Cc1cccc2[nH]c(C3CCN(C(=O)C[C@@H]4CNCCO4)CC3)nc12. The van der Waals surface area contributed by atoms with E-state index in [0.717, 1.165) is 55.9 Å². The van der Waals surface area contributed by atoms with E-state index in [1.165, 1.54) is 5.56 Å². The van der Waals surface area contributed by atoms with Crippen molar-refractivity contribution in [2.75, 3.05) is 32.8 Å². The second kappa shape index (κ2) is 7.14. The van der Waals surface area contributed by atoms with Crippen LogP contribution in [0, 0.1) is 6.92 Å². The number of amides is 1. The summed E-state index contributed by atoms with van der Waals surface area (Å²) < 4.78 is 5.65. The normalized spacial score (nSPS) is 22.4. The first-order chi connectivity index (χ1) is 12.2. The number of carbonyl (C=O) groups excluding carboxylic acids is 1. The minimum atomic E-state index is 0.0253. The van der Waals surface area contributed by atoms with Crippen LogP contribution in [0.5, 0.6) is 0 Å². The lowest BCUT2D eigenvalue weighted by atomic mass is 9.96. The van der Waals surface area contributed by atoms with Gasteiger partial charge in [0.1, 0.15) is 5.82 Å². The average Bonchev–Trinajstić information content (AvgIpc) is 3.08. The fourth-order valence-electron chi connectivity index (χ4n) is 3.86. The third kappa shape index (κ3) is 3.55. The van der Waals surface area contributed by atoms with Gasteiger partial charge >= 0.3 is 0 Å². The summed E-state index contributed by atoms with van der Waals surface area (Å²) in [6, 6.07) is 6.23. The summed E-state index contributed by atoms with van der Waals surface area (Å²) in [5.74, 6) is 1.69. The van der Waals surface area contributed by atoms with Crippen LogP contribution in [-0.2, 0) is 9.53 Å². The molecule has 134 valence electrons. The van der Waals surface area contributed by atoms with Gasteiger partial charge in [-0.1, -0.05) is 12.1 Å². The van der Waals surface area contributed by atoms with Crippen LogP contribution in [0.15, 0.2) is 18.2 Å². The van der Waals surface area contributed by atoms with Gasteiger partial charge in [0.25, 0.3) is 0 Å². The van der Waals surface area contributed by atoms with Crippen LogP contribution in [-0.4, -0.2) is 59.7 Å². The van der Waals surface area contributed by atoms with Gasteiger partial charge in [0.05, 0.1) is 30.2 Å². The van der Waals surface area contributed by atoms with Crippen molar-refractivity contribution in [1.29, 1.82) is 0 Å². The second-order valence-electron chi connectivity index (χ2n) is 7.15. The van der Waals surface area contributed by atoms with E-state index >= 15 is 0 Å². The number of nitrogens with one attached hydrogen (secondary N) is 2. The lowest BCUT2D eigenvalue weighted by Gasteiger charge is -2.33. The molecule has 0 unspecified atom stereocenters. The monoisotopic (exact) mass is 342 g/mol. The number of para-hydroxylation sites is 1. The standard InChI is InChI=1S/C19H26N4O2/c1-13-3-2-4-16-18(13)22-19(21-16)14-5-8-23(9-6-14)17(24)11-15-12-20-7-10-25-15/h2-4,14-15,20H,5-12H2,1H3,(H,21,22)/t15-/m1/s1. The number of fused-ring (bicyclic) bond motifs is 1. The predicted octanol–water partition coefficient (Wildman–Crippen LogP) is 1.96. The Morgan fingerprint density at radius 3 is 2.92 bits per heavy atom. The summed E-state index contributed by atoms with van der Waals surface area (Å²) in [5, 5.41) is 3.28. The zero-order valence-electron chi connectivity index (χ0n) is 14.8. The molecule has 1 aromatic carbocycles. The molecule has 0 bridgehead atoms. The molecule has 6 nitrogen and oxygen atoms in total. The van der Waals surface area contributed by atoms with Crippen molar-refractivity contribution in [2.24, 2.45) is 0 Å². The Bertz CT molecular complexity index is 743. The third-order valence-electron chi connectivity index (χ3n) is 5.37. The minimum Gasteiger partial charge on any atom is -0.375 e. The summed E-state index contributed by atoms with van der Waals surface area (Å²) in [6.45, 7) is 6.06. The Labute approximate surface area is 147 Å². The topological polar surface area (TPSA) is 70.2 Å². The first-order valence-corrected chi connectivity index (χ1v) is 9.26. The first-order valence-electron chi connectivity index (χ1n) is 9.26. The molecule has 2 aliphatic heterocycles. The van der Waals surface area contributed by atoms with Crippen LogP contribution in [0.1, 0.15) is 36.6 Å². The maximum Gasteiger partial charge on any atom is 0.225 e. The number of aromatic amines is 1. The number of piperidine rings is 1. The highest BCUT2D eigenvalue weighted by Gasteiger charge is 2.27. The number of aromatic nitrogens is 2. The summed E-state index contributed by atoms with van der Waals surface area (Å²) >= 11 is 0. The van der Waals surface area contributed by atoms with Crippen molar-refractivity contribution < 1.29 is 9.53 Å². The highest BCUT2D eigenvalue weighted by Crippen LogP contribution is 2.29. The van der Waals surface area contributed by atoms with Gasteiger partial charge in [-0.3, -0.25) is 4.79 Å². The van der Waals surface area contributed by atoms with Crippen molar-refractivity contribution in [3.63, 3.8) is 0 Å². The molecule has 2 saturated heterocycles. The number of H-pyrrole nitrogens is 1. The zero-order valence-corrected chi connectivity index (χ0v) is 14.8.